The monoisotopic (exact) mass is 325 g/mol. The van der Waals surface area contributed by atoms with Gasteiger partial charge in [0.1, 0.15) is 0 Å². The third-order valence-corrected chi connectivity index (χ3v) is 4.90. The highest BCUT2D eigenvalue weighted by Gasteiger charge is 2.38. The van der Waals surface area contributed by atoms with Crippen LogP contribution in [0.2, 0.25) is 5.28 Å². The Morgan fingerprint density at radius 3 is 2.45 bits per heavy atom. The Hall–Kier alpha value is -1.18. The molecule has 4 heterocycles. The van der Waals surface area contributed by atoms with Gasteiger partial charge in [0.15, 0.2) is 0 Å². The van der Waals surface area contributed by atoms with Crippen molar-refractivity contribution in [2.45, 2.75) is 13.0 Å². The molecule has 120 valence electrons. The smallest absolute Gasteiger partial charge is 0.231 e. The summed E-state index contributed by atoms with van der Waals surface area (Å²) >= 11 is 6.14. The summed E-state index contributed by atoms with van der Waals surface area (Å²) in [5.74, 6) is 2.50. The fourth-order valence-corrected chi connectivity index (χ4v) is 3.63. The van der Waals surface area contributed by atoms with E-state index in [2.05, 4.69) is 31.7 Å². The zero-order chi connectivity index (χ0) is 15.1. The standard InChI is InChI=1S/C14H20ClN5O2/c1-9-6-21-3-2-20(9)14-17-12(15)16-13(18-14)19-4-10-7-22-8-11(10)5-19/h9-11H,2-8H2,1H3/t9-,10-,11+/m1/s1. The summed E-state index contributed by atoms with van der Waals surface area (Å²) in [4.78, 5) is 17.7. The summed E-state index contributed by atoms with van der Waals surface area (Å²) in [7, 11) is 0. The molecule has 8 heteroatoms. The Bertz CT molecular complexity index is 548. The molecule has 0 aromatic carbocycles. The van der Waals surface area contributed by atoms with Crippen LogP contribution in [-0.2, 0) is 9.47 Å². The average Bonchev–Trinajstić information content (AvgIpc) is 3.08. The molecular formula is C14H20ClN5O2. The molecule has 3 fully saturated rings. The number of hydrogen-bond acceptors (Lipinski definition) is 7. The van der Waals surface area contributed by atoms with E-state index in [1.54, 1.807) is 0 Å². The number of rotatable bonds is 2. The Labute approximate surface area is 134 Å². The van der Waals surface area contributed by atoms with E-state index in [1.165, 1.54) is 0 Å². The Morgan fingerprint density at radius 2 is 1.73 bits per heavy atom. The van der Waals surface area contributed by atoms with E-state index in [-0.39, 0.29) is 11.3 Å². The number of halogens is 1. The molecule has 3 saturated heterocycles. The van der Waals surface area contributed by atoms with Gasteiger partial charge in [0.2, 0.25) is 17.2 Å². The van der Waals surface area contributed by atoms with Gasteiger partial charge in [0, 0.05) is 31.5 Å². The highest BCUT2D eigenvalue weighted by Crippen LogP contribution is 2.32. The lowest BCUT2D eigenvalue weighted by Crippen LogP contribution is -2.44. The largest absolute Gasteiger partial charge is 0.381 e. The molecule has 0 saturated carbocycles. The van der Waals surface area contributed by atoms with Gasteiger partial charge in [0.25, 0.3) is 0 Å². The van der Waals surface area contributed by atoms with Crippen LogP contribution >= 0.6 is 11.6 Å². The predicted molar refractivity (Wildman–Crippen MR) is 82.5 cm³/mol. The molecule has 3 aliphatic heterocycles. The summed E-state index contributed by atoms with van der Waals surface area (Å²) < 4.78 is 11.0. The molecule has 0 aliphatic carbocycles. The van der Waals surface area contributed by atoms with Crippen LogP contribution in [-0.4, -0.2) is 67.1 Å². The lowest BCUT2D eigenvalue weighted by molar-refractivity contribution is 0.0980. The molecule has 0 N–H and O–H groups in total. The number of ether oxygens (including phenoxy) is 2. The number of morpholine rings is 1. The van der Waals surface area contributed by atoms with Gasteiger partial charge in [-0.05, 0) is 18.5 Å². The van der Waals surface area contributed by atoms with Crippen LogP contribution < -0.4 is 9.80 Å². The second-order valence-electron chi connectivity index (χ2n) is 6.28. The number of anilines is 2. The first kappa shape index (κ1) is 14.4. The molecule has 0 radical (unpaired) electrons. The second kappa shape index (κ2) is 5.79. The molecule has 1 aromatic rings. The van der Waals surface area contributed by atoms with Gasteiger partial charge in [-0.1, -0.05) is 0 Å². The van der Waals surface area contributed by atoms with Crippen molar-refractivity contribution in [2.75, 3.05) is 55.9 Å². The van der Waals surface area contributed by atoms with Crippen LogP contribution in [0.25, 0.3) is 0 Å². The normalized spacial score (nSPS) is 31.6. The van der Waals surface area contributed by atoms with Crippen LogP contribution in [0.5, 0.6) is 0 Å². The third-order valence-electron chi connectivity index (χ3n) is 4.73. The minimum Gasteiger partial charge on any atom is -0.381 e. The third kappa shape index (κ3) is 2.61. The first-order chi connectivity index (χ1) is 10.7. The van der Waals surface area contributed by atoms with E-state index in [0.717, 1.165) is 32.8 Å². The van der Waals surface area contributed by atoms with E-state index in [0.29, 0.717) is 36.9 Å². The zero-order valence-corrected chi connectivity index (χ0v) is 13.4. The Kier molecular flexibility index (Phi) is 3.79. The quantitative estimate of drug-likeness (QED) is 0.798. The van der Waals surface area contributed by atoms with Gasteiger partial charge in [-0.3, -0.25) is 0 Å². The summed E-state index contributed by atoms with van der Waals surface area (Å²) in [5.41, 5.74) is 0. The van der Waals surface area contributed by atoms with Gasteiger partial charge in [-0.25, -0.2) is 0 Å². The van der Waals surface area contributed by atoms with Gasteiger partial charge in [-0.2, -0.15) is 15.0 Å². The molecule has 3 aliphatic rings. The van der Waals surface area contributed by atoms with Crippen molar-refractivity contribution in [3.05, 3.63) is 5.28 Å². The van der Waals surface area contributed by atoms with E-state index in [9.17, 15) is 0 Å². The molecule has 4 rings (SSSR count). The van der Waals surface area contributed by atoms with Crippen LogP contribution in [0.1, 0.15) is 6.92 Å². The lowest BCUT2D eigenvalue weighted by atomic mass is 10.0. The Balaban J connectivity index is 1.58. The van der Waals surface area contributed by atoms with Gasteiger partial charge in [0.05, 0.1) is 32.5 Å². The molecule has 0 unspecified atom stereocenters. The average molecular weight is 326 g/mol. The molecule has 22 heavy (non-hydrogen) atoms. The van der Waals surface area contributed by atoms with E-state index >= 15 is 0 Å². The minimum atomic E-state index is 0.242. The number of fused-ring (bicyclic) bond motifs is 1. The van der Waals surface area contributed by atoms with Crippen LogP contribution in [0.15, 0.2) is 0 Å². The summed E-state index contributed by atoms with van der Waals surface area (Å²) in [5, 5.41) is 0.256. The van der Waals surface area contributed by atoms with Crippen molar-refractivity contribution in [1.29, 1.82) is 0 Å². The minimum absolute atomic E-state index is 0.242. The topological polar surface area (TPSA) is 63.6 Å². The summed E-state index contributed by atoms with van der Waals surface area (Å²) in [6, 6.07) is 0.242. The lowest BCUT2D eigenvalue weighted by Gasteiger charge is -2.33. The molecule has 0 bridgehead atoms. The van der Waals surface area contributed by atoms with E-state index in [4.69, 9.17) is 21.1 Å². The van der Waals surface area contributed by atoms with Crippen molar-refractivity contribution in [1.82, 2.24) is 15.0 Å². The maximum absolute atomic E-state index is 6.14. The first-order valence-electron chi connectivity index (χ1n) is 7.79. The molecule has 0 amide bonds. The second-order valence-corrected chi connectivity index (χ2v) is 6.62. The molecule has 7 nitrogen and oxygen atoms in total. The fraction of sp³-hybridized carbons (Fsp3) is 0.786. The van der Waals surface area contributed by atoms with E-state index in [1.807, 2.05) is 0 Å². The highest BCUT2D eigenvalue weighted by atomic mass is 35.5. The first-order valence-corrected chi connectivity index (χ1v) is 8.17. The van der Waals surface area contributed by atoms with Gasteiger partial charge in [-0.15, -0.1) is 0 Å². The number of nitrogens with zero attached hydrogens (tertiary/aromatic N) is 5. The van der Waals surface area contributed by atoms with E-state index < -0.39 is 0 Å². The zero-order valence-electron chi connectivity index (χ0n) is 12.6. The molecule has 3 atom stereocenters. The fourth-order valence-electron chi connectivity index (χ4n) is 3.47. The van der Waals surface area contributed by atoms with Crippen molar-refractivity contribution >= 4 is 23.5 Å². The van der Waals surface area contributed by atoms with Crippen molar-refractivity contribution in [3.63, 3.8) is 0 Å². The summed E-state index contributed by atoms with van der Waals surface area (Å²) in [6.45, 7) is 7.80. The predicted octanol–water partition coefficient (Wildman–Crippen LogP) is 0.833. The van der Waals surface area contributed by atoms with Crippen molar-refractivity contribution in [2.24, 2.45) is 11.8 Å². The Morgan fingerprint density at radius 1 is 1.00 bits per heavy atom. The molecular weight excluding hydrogens is 306 g/mol. The summed E-state index contributed by atoms with van der Waals surface area (Å²) in [6.07, 6.45) is 0. The van der Waals surface area contributed by atoms with Crippen LogP contribution in [0, 0.1) is 11.8 Å². The van der Waals surface area contributed by atoms with Crippen molar-refractivity contribution < 1.29 is 9.47 Å². The molecule has 1 aromatic heterocycles. The number of aromatic nitrogens is 3. The maximum atomic E-state index is 6.14. The van der Waals surface area contributed by atoms with Crippen LogP contribution in [0.3, 0.4) is 0 Å². The molecule has 0 spiro atoms. The van der Waals surface area contributed by atoms with Crippen LogP contribution in [0.4, 0.5) is 11.9 Å². The van der Waals surface area contributed by atoms with Gasteiger partial charge < -0.3 is 19.3 Å². The van der Waals surface area contributed by atoms with Gasteiger partial charge >= 0.3 is 0 Å². The highest BCUT2D eigenvalue weighted by molar-refractivity contribution is 6.28. The van der Waals surface area contributed by atoms with Crippen molar-refractivity contribution in [3.8, 4) is 0 Å². The SMILES string of the molecule is C[C@@H]1COCCN1c1nc(Cl)nc(N2C[C@H]3COC[C@H]3C2)n1. The number of hydrogen-bond donors (Lipinski definition) is 0. The maximum Gasteiger partial charge on any atom is 0.231 e.